The fourth-order valence-corrected chi connectivity index (χ4v) is 3.80. The Labute approximate surface area is 141 Å². The van der Waals surface area contributed by atoms with Crippen LogP contribution < -0.4 is 0 Å². The van der Waals surface area contributed by atoms with E-state index in [1.165, 1.54) is 0 Å². The predicted molar refractivity (Wildman–Crippen MR) is 92.4 cm³/mol. The number of benzene rings is 1. The molecule has 0 aliphatic heterocycles. The zero-order valence-corrected chi connectivity index (χ0v) is 15.1. The molecule has 0 N–H and O–H groups in total. The molecular weight excluding hydrogens is 370 g/mol. The summed E-state index contributed by atoms with van der Waals surface area (Å²) in [7, 11) is 0. The highest BCUT2D eigenvalue weighted by molar-refractivity contribution is 9.10. The van der Waals surface area contributed by atoms with Gasteiger partial charge in [-0.05, 0) is 39.0 Å². The van der Waals surface area contributed by atoms with Gasteiger partial charge in [0.05, 0.1) is 22.5 Å². The molecule has 0 amide bonds. The minimum atomic E-state index is -0.153. The van der Waals surface area contributed by atoms with Crippen LogP contribution in [0.4, 0.5) is 0 Å². The van der Waals surface area contributed by atoms with Gasteiger partial charge in [-0.3, -0.25) is 0 Å². The summed E-state index contributed by atoms with van der Waals surface area (Å²) in [6.45, 7) is 6.11. The van der Waals surface area contributed by atoms with Crippen molar-refractivity contribution >= 4 is 49.9 Å². The number of aryl methyl sites for hydroxylation is 1. The number of rotatable bonds is 3. The highest BCUT2D eigenvalue weighted by Crippen LogP contribution is 2.33. The lowest BCUT2D eigenvalue weighted by Gasteiger charge is -2.16. The largest absolute Gasteiger partial charge is 0.317 e. The Morgan fingerprint density at radius 2 is 2.05 bits per heavy atom. The maximum absolute atomic E-state index is 6.34. The van der Waals surface area contributed by atoms with Crippen LogP contribution in [-0.2, 0) is 0 Å². The molecule has 0 saturated heterocycles. The molecule has 3 aromatic rings. The monoisotopic (exact) mass is 383 g/mol. The van der Waals surface area contributed by atoms with E-state index in [1.54, 1.807) is 11.3 Å². The van der Waals surface area contributed by atoms with Gasteiger partial charge in [0.15, 0.2) is 0 Å². The SMILES string of the molecule is Cc1csc(C(C)n2c(C(C)Cl)nc3cc(Br)ccc32)n1. The predicted octanol–water partition coefficient (Wildman–Crippen LogP) is 5.47. The van der Waals surface area contributed by atoms with Crippen LogP contribution in [0.3, 0.4) is 0 Å². The molecule has 0 saturated carbocycles. The van der Waals surface area contributed by atoms with Gasteiger partial charge in [0.1, 0.15) is 10.8 Å². The van der Waals surface area contributed by atoms with Gasteiger partial charge in [0.25, 0.3) is 0 Å². The van der Waals surface area contributed by atoms with Gasteiger partial charge in [0.2, 0.25) is 0 Å². The summed E-state index contributed by atoms with van der Waals surface area (Å²) in [6.07, 6.45) is 0. The molecule has 1 aromatic carbocycles. The van der Waals surface area contributed by atoms with Gasteiger partial charge >= 0.3 is 0 Å². The molecule has 0 aliphatic rings. The lowest BCUT2D eigenvalue weighted by atomic mass is 10.2. The molecule has 21 heavy (non-hydrogen) atoms. The van der Waals surface area contributed by atoms with E-state index in [0.717, 1.165) is 32.0 Å². The van der Waals surface area contributed by atoms with Crippen LogP contribution in [0.15, 0.2) is 28.1 Å². The Morgan fingerprint density at radius 3 is 2.67 bits per heavy atom. The normalized spacial score (nSPS) is 14.5. The molecule has 2 heterocycles. The standard InChI is InChI=1S/C15H15BrClN3S/c1-8-7-21-15(18-8)10(3)20-13-5-4-11(16)6-12(13)19-14(20)9(2)17/h4-7,9-10H,1-3H3. The third kappa shape index (κ3) is 2.74. The number of aromatic nitrogens is 3. The first-order valence-electron chi connectivity index (χ1n) is 6.71. The van der Waals surface area contributed by atoms with E-state index in [9.17, 15) is 0 Å². The second-order valence-electron chi connectivity index (χ2n) is 5.09. The molecular formula is C15H15BrClN3S. The van der Waals surface area contributed by atoms with E-state index in [4.69, 9.17) is 16.6 Å². The average Bonchev–Trinajstić information content (AvgIpc) is 3.01. The fraction of sp³-hybridized carbons (Fsp3) is 0.333. The highest BCUT2D eigenvalue weighted by Gasteiger charge is 2.21. The van der Waals surface area contributed by atoms with Gasteiger partial charge in [-0.25, -0.2) is 9.97 Å². The fourth-order valence-electron chi connectivity index (χ4n) is 2.45. The summed E-state index contributed by atoms with van der Waals surface area (Å²) in [5.41, 5.74) is 3.09. The van der Waals surface area contributed by atoms with Crippen molar-refractivity contribution in [3.8, 4) is 0 Å². The Kier molecular flexibility index (Phi) is 4.08. The topological polar surface area (TPSA) is 30.7 Å². The summed E-state index contributed by atoms with van der Waals surface area (Å²) in [6, 6.07) is 6.25. The van der Waals surface area contributed by atoms with Crippen LogP contribution in [0.1, 0.15) is 41.8 Å². The molecule has 2 aromatic heterocycles. The quantitative estimate of drug-likeness (QED) is 0.560. The van der Waals surface area contributed by atoms with Crippen molar-refractivity contribution in [1.82, 2.24) is 14.5 Å². The van der Waals surface area contributed by atoms with Crippen LogP contribution in [0, 0.1) is 6.92 Å². The summed E-state index contributed by atoms with van der Waals surface area (Å²) in [5.74, 6) is 0.880. The number of alkyl halides is 1. The summed E-state index contributed by atoms with van der Waals surface area (Å²) < 4.78 is 3.21. The smallest absolute Gasteiger partial charge is 0.128 e. The number of hydrogen-bond acceptors (Lipinski definition) is 3. The average molecular weight is 385 g/mol. The van der Waals surface area contributed by atoms with Crippen molar-refractivity contribution in [3.63, 3.8) is 0 Å². The van der Waals surface area contributed by atoms with Crippen molar-refractivity contribution in [3.05, 3.63) is 44.6 Å². The third-order valence-electron chi connectivity index (χ3n) is 3.42. The zero-order chi connectivity index (χ0) is 15.1. The first kappa shape index (κ1) is 15.0. The molecule has 3 rings (SSSR count). The van der Waals surface area contributed by atoms with Crippen molar-refractivity contribution in [2.45, 2.75) is 32.2 Å². The lowest BCUT2D eigenvalue weighted by molar-refractivity contribution is 0.614. The molecule has 6 heteroatoms. The number of imidazole rings is 1. The number of fused-ring (bicyclic) bond motifs is 1. The van der Waals surface area contributed by atoms with Crippen LogP contribution in [0.25, 0.3) is 11.0 Å². The highest BCUT2D eigenvalue weighted by atomic mass is 79.9. The maximum Gasteiger partial charge on any atom is 0.128 e. The molecule has 2 atom stereocenters. The second-order valence-corrected chi connectivity index (χ2v) is 7.55. The molecule has 0 radical (unpaired) electrons. The zero-order valence-electron chi connectivity index (χ0n) is 12.0. The third-order valence-corrected chi connectivity index (χ3v) is 5.24. The molecule has 3 nitrogen and oxygen atoms in total. The van der Waals surface area contributed by atoms with Crippen molar-refractivity contribution in [2.75, 3.05) is 0 Å². The first-order valence-corrected chi connectivity index (χ1v) is 8.81. The van der Waals surface area contributed by atoms with Gasteiger partial charge in [-0.15, -0.1) is 22.9 Å². The Hall–Kier alpha value is -0.910. The second kappa shape index (κ2) is 5.71. The van der Waals surface area contributed by atoms with E-state index in [-0.39, 0.29) is 11.4 Å². The molecule has 0 fully saturated rings. The van der Waals surface area contributed by atoms with E-state index in [2.05, 4.69) is 43.9 Å². The minimum absolute atomic E-state index is 0.117. The summed E-state index contributed by atoms with van der Waals surface area (Å²) in [4.78, 5) is 9.31. The van der Waals surface area contributed by atoms with Crippen LogP contribution in [0.5, 0.6) is 0 Å². The van der Waals surface area contributed by atoms with E-state index < -0.39 is 0 Å². The van der Waals surface area contributed by atoms with Crippen LogP contribution >= 0.6 is 38.9 Å². The van der Waals surface area contributed by atoms with Gasteiger partial charge < -0.3 is 4.57 Å². The number of thiazole rings is 1. The lowest BCUT2D eigenvalue weighted by Crippen LogP contribution is -2.11. The Morgan fingerprint density at radius 1 is 1.29 bits per heavy atom. The van der Waals surface area contributed by atoms with Crippen LogP contribution in [-0.4, -0.2) is 14.5 Å². The molecule has 0 aliphatic carbocycles. The van der Waals surface area contributed by atoms with Gasteiger partial charge in [-0.2, -0.15) is 0 Å². The first-order chi connectivity index (χ1) is 9.97. The molecule has 110 valence electrons. The molecule has 2 unspecified atom stereocenters. The minimum Gasteiger partial charge on any atom is -0.317 e. The molecule has 0 spiro atoms. The van der Waals surface area contributed by atoms with Gasteiger partial charge in [0, 0.05) is 15.5 Å². The van der Waals surface area contributed by atoms with Gasteiger partial charge in [-0.1, -0.05) is 15.9 Å². The van der Waals surface area contributed by atoms with Crippen molar-refractivity contribution < 1.29 is 0 Å². The van der Waals surface area contributed by atoms with Crippen molar-refractivity contribution in [2.24, 2.45) is 0 Å². The molecule has 0 bridgehead atoms. The Balaban J connectivity index is 2.21. The van der Waals surface area contributed by atoms with Crippen molar-refractivity contribution in [1.29, 1.82) is 0 Å². The number of nitrogens with zero attached hydrogens (tertiary/aromatic N) is 3. The van der Waals surface area contributed by atoms with E-state index in [0.29, 0.717) is 0 Å². The number of halogens is 2. The Bertz CT molecular complexity index is 793. The maximum atomic E-state index is 6.34. The van der Waals surface area contributed by atoms with E-state index in [1.807, 2.05) is 26.0 Å². The van der Waals surface area contributed by atoms with Crippen LogP contribution in [0.2, 0.25) is 0 Å². The summed E-state index contributed by atoms with van der Waals surface area (Å²) >= 11 is 11.5. The summed E-state index contributed by atoms with van der Waals surface area (Å²) in [5, 5.41) is 3.00. The number of hydrogen-bond donors (Lipinski definition) is 0. The van der Waals surface area contributed by atoms with E-state index >= 15 is 0 Å².